The number of aliphatic hydroxyl groups is 4. The van der Waals surface area contributed by atoms with Crippen molar-refractivity contribution in [1.29, 1.82) is 0 Å². The zero-order chi connectivity index (χ0) is 29.7. The molecule has 2 aromatic carbocycles. The molecular weight excluding hydrogens is 548 g/mol. The van der Waals surface area contributed by atoms with Crippen molar-refractivity contribution in [2.75, 3.05) is 14.1 Å². The van der Waals surface area contributed by atoms with Gasteiger partial charge in [-0.3, -0.25) is 19.3 Å². The van der Waals surface area contributed by atoms with Gasteiger partial charge in [-0.05, 0) is 49.2 Å². The van der Waals surface area contributed by atoms with Crippen molar-refractivity contribution in [2.45, 2.75) is 30.6 Å². The number of hydrogen-bond donors (Lipinski definition) is 6. The molecule has 41 heavy (non-hydrogen) atoms. The first-order valence-corrected chi connectivity index (χ1v) is 13.8. The highest BCUT2D eigenvalue weighted by atomic mass is 32.1. The standard InChI is InChI=1S/C30H28N2O8S/c1-11-13-8-9-14(16-10-12-6-4-5-7-15(12)41-16)23(33)18(13)24(34)19-17(11)25(35)21-22(32(2)3)26(36)20(29(31)39)28(38)30(21,40)27(19)37/h4-11,17,21-22,25,33,35-37,40H,1-3H3,(H2,31,39)/t11-,17-,21-,22-,25-,30+/m0/s1. The summed E-state index contributed by atoms with van der Waals surface area (Å²) in [7, 11) is 2.99. The maximum atomic E-state index is 14.1. The molecule has 1 heterocycles. The Balaban J connectivity index is 1.57. The average molecular weight is 577 g/mol. The summed E-state index contributed by atoms with van der Waals surface area (Å²) in [5.74, 6) is -9.03. The Bertz CT molecular complexity index is 1720. The second kappa shape index (κ2) is 8.98. The molecule has 0 fully saturated rings. The Kier molecular flexibility index (Phi) is 5.95. The molecule has 6 rings (SSSR count). The number of thiophene rings is 1. The van der Waals surface area contributed by atoms with E-state index < -0.39 is 75.6 Å². The van der Waals surface area contributed by atoms with Crippen LogP contribution in [0.3, 0.4) is 0 Å². The van der Waals surface area contributed by atoms with Crippen molar-refractivity contribution in [3.8, 4) is 16.2 Å². The number of primary amides is 1. The molecule has 1 aromatic heterocycles. The molecule has 212 valence electrons. The average Bonchev–Trinajstić information content (AvgIpc) is 3.34. The number of benzene rings is 2. The number of phenolic OH excluding ortho intramolecular Hbond substituents is 1. The molecular formula is C30H28N2O8S. The number of phenols is 1. The summed E-state index contributed by atoms with van der Waals surface area (Å²) in [6.45, 7) is 1.70. The first-order chi connectivity index (χ1) is 19.3. The van der Waals surface area contributed by atoms with Crippen LogP contribution in [-0.4, -0.2) is 79.7 Å². The maximum Gasteiger partial charge on any atom is 0.255 e. The molecule has 3 aromatic rings. The minimum atomic E-state index is -2.94. The largest absolute Gasteiger partial charge is 0.510 e. The number of aromatic hydroxyl groups is 1. The van der Waals surface area contributed by atoms with Crippen LogP contribution in [0.4, 0.5) is 0 Å². The smallest absolute Gasteiger partial charge is 0.255 e. The van der Waals surface area contributed by atoms with Crippen molar-refractivity contribution in [2.24, 2.45) is 17.6 Å². The van der Waals surface area contributed by atoms with Gasteiger partial charge in [0.2, 0.25) is 5.78 Å². The van der Waals surface area contributed by atoms with Crippen LogP contribution in [0.5, 0.6) is 5.75 Å². The molecule has 0 unspecified atom stereocenters. The minimum absolute atomic E-state index is 0.111. The highest BCUT2D eigenvalue weighted by Crippen LogP contribution is 2.56. The summed E-state index contributed by atoms with van der Waals surface area (Å²) < 4.78 is 0.983. The van der Waals surface area contributed by atoms with Crippen LogP contribution in [-0.2, 0) is 9.59 Å². The lowest BCUT2D eigenvalue weighted by molar-refractivity contribution is -0.162. The predicted octanol–water partition coefficient (Wildman–Crippen LogP) is 2.53. The first-order valence-electron chi connectivity index (χ1n) is 13.0. The van der Waals surface area contributed by atoms with Crippen LogP contribution >= 0.6 is 11.3 Å². The number of ketones is 2. The number of carbonyl (C=O) groups is 3. The van der Waals surface area contributed by atoms with Gasteiger partial charge in [0, 0.05) is 26.6 Å². The number of fused-ring (bicyclic) bond motifs is 4. The normalized spacial score (nSPS) is 29.6. The maximum absolute atomic E-state index is 14.1. The third kappa shape index (κ3) is 3.43. The SMILES string of the molecule is C[C@H]1c2ccc(-c3cc4ccccc4s3)c(O)c2C(=O)C2=C(O)[C@@]3(O)C(=O)C(C(N)=O)=C(O)[C@@H](N(C)C)[C@H]3[C@@H](O)[C@H]21. The van der Waals surface area contributed by atoms with Crippen molar-refractivity contribution >= 4 is 38.9 Å². The van der Waals surface area contributed by atoms with E-state index in [2.05, 4.69) is 0 Å². The molecule has 10 nitrogen and oxygen atoms in total. The van der Waals surface area contributed by atoms with Gasteiger partial charge in [0.15, 0.2) is 11.4 Å². The van der Waals surface area contributed by atoms with E-state index in [1.54, 1.807) is 19.1 Å². The highest BCUT2D eigenvalue weighted by molar-refractivity contribution is 7.22. The van der Waals surface area contributed by atoms with Gasteiger partial charge in [-0.2, -0.15) is 0 Å². The molecule has 0 saturated carbocycles. The fourth-order valence-electron chi connectivity index (χ4n) is 6.94. The lowest BCUT2D eigenvalue weighted by Gasteiger charge is -2.53. The topological polar surface area (TPSA) is 182 Å². The second-order valence-corrected chi connectivity index (χ2v) is 12.2. The summed E-state index contributed by atoms with van der Waals surface area (Å²) in [6, 6.07) is 11.6. The number of aliphatic hydroxyl groups excluding tert-OH is 3. The Morgan fingerprint density at radius 3 is 2.39 bits per heavy atom. The molecule has 0 aliphatic heterocycles. The van der Waals surface area contributed by atoms with E-state index in [0.717, 1.165) is 10.1 Å². The number of rotatable bonds is 3. The number of nitrogens with two attached hydrogens (primary N) is 1. The van der Waals surface area contributed by atoms with E-state index in [9.17, 15) is 39.9 Å². The highest BCUT2D eigenvalue weighted by Gasteiger charge is 2.67. The molecule has 0 radical (unpaired) electrons. The summed E-state index contributed by atoms with van der Waals surface area (Å²) in [6.07, 6.45) is -1.63. The molecule has 3 aliphatic rings. The fourth-order valence-corrected chi connectivity index (χ4v) is 8.03. The second-order valence-electron chi connectivity index (χ2n) is 11.1. The summed E-state index contributed by atoms with van der Waals surface area (Å²) in [5, 5.41) is 58.4. The zero-order valence-corrected chi connectivity index (χ0v) is 23.1. The van der Waals surface area contributed by atoms with Gasteiger partial charge < -0.3 is 31.3 Å². The predicted molar refractivity (Wildman–Crippen MR) is 151 cm³/mol. The third-order valence-electron chi connectivity index (χ3n) is 8.82. The van der Waals surface area contributed by atoms with Gasteiger partial charge in [0.1, 0.15) is 22.8 Å². The lowest BCUT2D eigenvalue weighted by Crippen LogP contribution is -2.68. The summed E-state index contributed by atoms with van der Waals surface area (Å²) in [5.41, 5.74) is 1.77. The first kappa shape index (κ1) is 27.2. The van der Waals surface area contributed by atoms with Gasteiger partial charge in [-0.25, -0.2) is 0 Å². The molecule has 11 heteroatoms. The van der Waals surface area contributed by atoms with Crippen LogP contribution in [0.15, 0.2) is 65.1 Å². The van der Waals surface area contributed by atoms with Gasteiger partial charge >= 0.3 is 0 Å². The number of hydrogen-bond acceptors (Lipinski definition) is 10. The Morgan fingerprint density at radius 2 is 1.76 bits per heavy atom. The molecule has 0 bridgehead atoms. The molecule has 0 saturated heterocycles. The van der Waals surface area contributed by atoms with E-state index in [1.807, 2.05) is 30.3 Å². The third-order valence-corrected chi connectivity index (χ3v) is 9.97. The molecule has 1 amide bonds. The van der Waals surface area contributed by atoms with Gasteiger partial charge in [0.25, 0.3) is 5.91 Å². The number of amides is 1. The zero-order valence-electron chi connectivity index (χ0n) is 22.3. The van der Waals surface area contributed by atoms with E-state index >= 15 is 0 Å². The van der Waals surface area contributed by atoms with Crippen molar-refractivity contribution in [1.82, 2.24) is 4.90 Å². The number of Topliss-reactive ketones (excluding diaryl/α,β-unsaturated/α-hetero) is 2. The van der Waals surface area contributed by atoms with Crippen LogP contribution < -0.4 is 5.73 Å². The van der Waals surface area contributed by atoms with Crippen molar-refractivity contribution in [3.05, 3.63) is 76.3 Å². The molecule has 3 aliphatic carbocycles. The van der Waals surface area contributed by atoms with Gasteiger partial charge in [-0.1, -0.05) is 31.2 Å². The summed E-state index contributed by atoms with van der Waals surface area (Å²) in [4.78, 5) is 41.9. The van der Waals surface area contributed by atoms with E-state index in [0.29, 0.717) is 16.0 Å². The Labute approximate surface area is 238 Å². The fraction of sp³-hybridized carbons (Fsp3) is 0.300. The van der Waals surface area contributed by atoms with E-state index in [-0.39, 0.29) is 11.3 Å². The molecule has 0 spiro atoms. The monoisotopic (exact) mass is 576 g/mol. The number of carbonyl (C=O) groups excluding carboxylic acids is 3. The van der Waals surface area contributed by atoms with Crippen molar-refractivity contribution < 1.29 is 39.9 Å². The summed E-state index contributed by atoms with van der Waals surface area (Å²) >= 11 is 1.43. The van der Waals surface area contributed by atoms with Gasteiger partial charge in [0.05, 0.1) is 23.6 Å². The lowest BCUT2D eigenvalue weighted by atomic mass is 9.55. The van der Waals surface area contributed by atoms with Gasteiger partial charge in [-0.15, -0.1) is 11.3 Å². The number of likely N-dealkylation sites (N-methyl/N-ethyl adjacent to an activating group) is 1. The Hall–Kier alpha value is -4.03. The Morgan fingerprint density at radius 1 is 1.07 bits per heavy atom. The van der Waals surface area contributed by atoms with Crippen LogP contribution in [0, 0.1) is 11.8 Å². The molecule has 7 N–H and O–H groups in total. The van der Waals surface area contributed by atoms with Crippen LogP contribution in [0.25, 0.3) is 20.5 Å². The van der Waals surface area contributed by atoms with Crippen LogP contribution in [0.2, 0.25) is 0 Å². The quantitative estimate of drug-likeness (QED) is 0.255. The van der Waals surface area contributed by atoms with E-state index in [4.69, 9.17) is 5.73 Å². The number of nitrogens with zero attached hydrogens (tertiary/aromatic N) is 1. The molecule has 6 atom stereocenters. The minimum Gasteiger partial charge on any atom is -0.510 e. The van der Waals surface area contributed by atoms with Crippen LogP contribution in [0.1, 0.15) is 28.8 Å². The van der Waals surface area contributed by atoms with E-state index in [1.165, 1.54) is 30.3 Å². The van der Waals surface area contributed by atoms with Crippen molar-refractivity contribution in [3.63, 3.8) is 0 Å².